The van der Waals surface area contributed by atoms with Gasteiger partial charge in [0.25, 0.3) is 0 Å². The quantitative estimate of drug-likeness (QED) is 0.331. The molecule has 0 saturated carbocycles. The molecule has 29 heavy (non-hydrogen) atoms. The van der Waals surface area contributed by atoms with Crippen molar-refractivity contribution in [2.24, 2.45) is 4.99 Å². The standard InChI is InChI=1S/C22H28ClN3O2.HI/c1-24-21(25-15-17-3-7-19(23)8-4-17)26-16-22(11-13-28-14-12-22)18-5-9-20(27-2)10-6-18;/h3-10H,11-16H2,1-2H3,(H2,24,25,26);1H. The molecule has 1 fully saturated rings. The summed E-state index contributed by atoms with van der Waals surface area (Å²) in [5.41, 5.74) is 2.48. The first-order valence-corrected chi connectivity index (χ1v) is 9.94. The van der Waals surface area contributed by atoms with Crippen LogP contribution in [0.4, 0.5) is 0 Å². The molecule has 1 heterocycles. The third-order valence-electron chi connectivity index (χ3n) is 5.34. The molecule has 1 saturated heterocycles. The maximum Gasteiger partial charge on any atom is 0.191 e. The van der Waals surface area contributed by atoms with Crippen molar-refractivity contribution in [2.45, 2.75) is 24.8 Å². The Labute approximate surface area is 195 Å². The van der Waals surface area contributed by atoms with E-state index in [9.17, 15) is 0 Å². The molecule has 0 aliphatic carbocycles. The summed E-state index contributed by atoms with van der Waals surface area (Å²) in [6.07, 6.45) is 1.95. The van der Waals surface area contributed by atoms with Crippen LogP contribution >= 0.6 is 35.6 Å². The van der Waals surface area contributed by atoms with Gasteiger partial charge in [0.2, 0.25) is 0 Å². The van der Waals surface area contributed by atoms with Crippen molar-refractivity contribution in [1.29, 1.82) is 0 Å². The van der Waals surface area contributed by atoms with Crippen LogP contribution in [0.25, 0.3) is 0 Å². The zero-order chi connectivity index (χ0) is 19.8. The minimum absolute atomic E-state index is 0. The molecule has 1 aliphatic rings. The second-order valence-electron chi connectivity index (χ2n) is 7.03. The van der Waals surface area contributed by atoms with Crippen molar-refractivity contribution in [3.8, 4) is 5.75 Å². The van der Waals surface area contributed by atoms with Crippen molar-refractivity contribution in [1.82, 2.24) is 10.6 Å². The van der Waals surface area contributed by atoms with E-state index < -0.39 is 0 Å². The van der Waals surface area contributed by atoms with Crippen molar-refractivity contribution < 1.29 is 9.47 Å². The number of nitrogens with one attached hydrogen (secondary N) is 2. The van der Waals surface area contributed by atoms with Crippen molar-refractivity contribution in [2.75, 3.05) is 33.9 Å². The van der Waals surface area contributed by atoms with E-state index in [4.69, 9.17) is 21.1 Å². The SMILES string of the molecule is CN=C(NCc1ccc(Cl)cc1)NCC1(c2ccc(OC)cc2)CCOCC1.I. The van der Waals surface area contributed by atoms with Gasteiger partial charge in [0.15, 0.2) is 5.96 Å². The average molecular weight is 530 g/mol. The molecule has 5 nitrogen and oxygen atoms in total. The number of ether oxygens (including phenoxy) is 2. The largest absolute Gasteiger partial charge is 0.497 e. The second kappa shape index (κ2) is 11.6. The molecule has 0 spiro atoms. The molecule has 0 bridgehead atoms. The number of guanidine groups is 1. The summed E-state index contributed by atoms with van der Waals surface area (Å²) in [5, 5.41) is 7.63. The maximum absolute atomic E-state index is 5.96. The van der Waals surface area contributed by atoms with Gasteiger partial charge in [0, 0.05) is 43.8 Å². The van der Waals surface area contributed by atoms with E-state index in [1.165, 1.54) is 5.56 Å². The van der Waals surface area contributed by atoms with Gasteiger partial charge >= 0.3 is 0 Å². The van der Waals surface area contributed by atoms with Gasteiger partial charge in [-0.05, 0) is 48.2 Å². The third kappa shape index (κ3) is 6.49. The van der Waals surface area contributed by atoms with Gasteiger partial charge in [-0.2, -0.15) is 0 Å². The van der Waals surface area contributed by atoms with Crippen LogP contribution in [-0.2, 0) is 16.7 Å². The fourth-order valence-electron chi connectivity index (χ4n) is 3.54. The summed E-state index contributed by atoms with van der Waals surface area (Å²) >= 11 is 5.96. The highest BCUT2D eigenvalue weighted by Crippen LogP contribution is 2.35. The highest BCUT2D eigenvalue weighted by atomic mass is 127. The van der Waals surface area contributed by atoms with Gasteiger partial charge in [-0.25, -0.2) is 0 Å². The number of rotatable bonds is 6. The van der Waals surface area contributed by atoms with Crippen molar-refractivity contribution in [3.05, 3.63) is 64.7 Å². The molecule has 1 aliphatic heterocycles. The number of hydrogen-bond acceptors (Lipinski definition) is 3. The van der Waals surface area contributed by atoms with Crippen LogP contribution in [0.2, 0.25) is 5.02 Å². The number of methoxy groups -OCH3 is 1. The fraction of sp³-hybridized carbons (Fsp3) is 0.409. The van der Waals surface area contributed by atoms with Gasteiger partial charge in [-0.15, -0.1) is 24.0 Å². The van der Waals surface area contributed by atoms with Gasteiger partial charge < -0.3 is 20.1 Å². The van der Waals surface area contributed by atoms with Crippen molar-refractivity contribution in [3.63, 3.8) is 0 Å². The zero-order valence-corrected chi connectivity index (χ0v) is 20.0. The lowest BCUT2D eigenvalue weighted by atomic mass is 9.74. The molecule has 7 heteroatoms. The first-order chi connectivity index (χ1) is 13.6. The zero-order valence-electron chi connectivity index (χ0n) is 16.9. The summed E-state index contributed by atoms with van der Waals surface area (Å²) in [5.74, 6) is 1.66. The van der Waals surface area contributed by atoms with Crippen molar-refractivity contribution >= 4 is 41.5 Å². The molecule has 0 radical (unpaired) electrons. The molecule has 0 atom stereocenters. The monoisotopic (exact) mass is 529 g/mol. The molecule has 0 amide bonds. The smallest absolute Gasteiger partial charge is 0.191 e. The summed E-state index contributed by atoms with van der Waals surface area (Å²) in [4.78, 5) is 4.37. The van der Waals surface area contributed by atoms with E-state index in [2.05, 4.69) is 27.8 Å². The second-order valence-corrected chi connectivity index (χ2v) is 7.46. The van der Waals surface area contributed by atoms with Crippen LogP contribution in [0, 0.1) is 0 Å². The Morgan fingerprint density at radius 3 is 2.31 bits per heavy atom. The van der Waals surface area contributed by atoms with Gasteiger partial charge in [-0.1, -0.05) is 35.9 Å². The number of nitrogens with zero attached hydrogens (tertiary/aromatic N) is 1. The van der Waals surface area contributed by atoms with Crippen LogP contribution in [0.3, 0.4) is 0 Å². The van der Waals surface area contributed by atoms with E-state index in [1.807, 2.05) is 36.4 Å². The van der Waals surface area contributed by atoms with Gasteiger partial charge in [0.05, 0.1) is 7.11 Å². The summed E-state index contributed by atoms with van der Waals surface area (Å²) in [6, 6.07) is 16.2. The molecule has 158 valence electrons. The summed E-state index contributed by atoms with van der Waals surface area (Å²) in [7, 11) is 3.48. The molecule has 2 aromatic rings. The molecule has 3 rings (SSSR count). The van der Waals surface area contributed by atoms with E-state index in [0.29, 0.717) is 6.54 Å². The average Bonchev–Trinajstić information content (AvgIpc) is 2.76. The maximum atomic E-state index is 5.96. The molecular weight excluding hydrogens is 501 g/mol. The predicted molar refractivity (Wildman–Crippen MR) is 130 cm³/mol. The third-order valence-corrected chi connectivity index (χ3v) is 5.60. The first kappa shape index (κ1) is 23.8. The number of halogens is 2. The van der Waals surface area contributed by atoms with Gasteiger partial charge in [0.1, 0.15) is 5.75 Å². The highest BCUT2D eigenvalue weighted by Gasteiger charge is 2.34. The number of hydrogen-bond donors (Lipinski definition) is 2. The summed E-state index contributed by atoms with van der Waals surface area (Å²) in [6.45, 7) is 3.02. The number of benzene rings is 2. The Kier molecular flexibility index (Phi) is 9.52. The first-order valence-electron chi connectivity index (χ1n) is 9.56. The van der Waals surface area contributed by atoms with Crippen LogP contribution in [0.1, 0.15) is 24.0 Å². The van der Waals surface area contributed by atoms with E-state index >= 15 is 0 Å². The Balaban J connectivity index is 0.00000300. The molecule has 2 aromatic carbocycles. The van der Waals surface area contributed by atoms with Crippen LogP contribution in [0.15, 0.2) is 53.5 Å². The summed E-state index contributed by atoms with van der Waals surface area (Å²) < 4.78 is 10.9. The highest BCUT2D eigenvalue weighted by molar-refractivity contribution is 14.0. The van der Waals surface area contributed by atoms with E-state index in [-0.39, 0.29) is 29.4 Å². The normalized spacial score (nSPS) is 15.9. The molecule has 2 N–H and O–H groups in total. The minimum Gasteiger partial charge on any atom is -0.497 e. The van der Waals surface area contributed by atoms with E-state index in [1.54, 1.807) is 14.2 Å². The lowest BCUT2D eigenvalue weighted by Gasteiger charge is -2.38. The topological polar surface area (TPSA) is 54.9 Å². The lowest BCUT2D eigenvalue weighted by molar-refractivity contribution is 0.0513. The van der Waals surface area contributed by atoms with Crippen LogP contribution < -0.4 is 15.4 Å². The Hall–Kier alpha value is -1.51. The minimum atomic E-state index is 0. The Morgan fingerprint density at radius 1 is 1.07 bits per heavy atom. The van der Waals surface area contributed by atoms with Gasteiger partial charge in [-0.3, -0.25) is 4.99 Å². The van der Waals surface area contributed by atoms with Crippen LogP contribution in [-0.4, -0.2) is 39.9 Å². The number of aliphatic imine (C=N–C) groups is 1. The predicted octanol–water partition coefficient (Wildman–Crippen LogP) is 4.38. The molecular formula is C22H29ClIN3O2. The molecule has 0 unspecified atom stereocenters. The fourth-order valence-corrected chi connectivity index (χ4v) is 3.66. The molecule has 0 aromatic heterocycles. The lowest BCUT2D eigenvalue weighted by Crippen LogP contribution is -2.47. The Morgan fingerprint density at radius 2 is 1.72 bits per heavy atom. The Bertz CT molecular complexity index is 776. The van der Waals surface area contributed by atoms with Crippen LogP contribution in [0.5, 0.6) is 5.75 Å². The van der Waals surface area contributed by atoms with E-state index in [0.717, 1.165) is 54.9 Å².